The Kier molecular flexibility index (Phi) is 4.65. The first-order valence-electron chi connectivity index (χ1n) is 5.24. The van der Waals surface area contributed by atoms with Crippen LogP contribution in [0.3, 0.4) is 0 Å². The van der Waals surface area contributed by atoms with Crippen LogP contribution in [0.5, 0.6) is 0 Å². The number of nitrogens with one attached hydrogen (secondary N) is 1. The fraction of sp³-hybridized carbons (Fsp3) is 0.364. The number of sulfonamides is 1. The summed E-state index contributed by atoms with van der Waals surface area (Å²) in [6.45, 7) is 2.03. The molecule has 0 aliphatic carbocycles. The van der Waals surface area contributed by atoms with Gasteiger partial charge in [0.25, 0.3) is 0 Å². The Bertz CT molecular complexity index is 479. The van der Waals surface area contributed by atoms with Crippen LogP contribution in [0.2, 0.25) is 0 Å². The lowest BCUT2D eigenvalue weighted by atomic mass is 10.1. The summed E-state index contributed by atoms with van der Waals surface area (Å²) < 4.78 is 25.6. The fourth-order valence-electron chi connectivity index (χ4n) is 1.36. The summed E-state index contributed by atoms with van der Waals surface area (Å²) in [6, 6.07) is 6.13. The van der Waals surface area contributed by atoms with Crippen molar-refractivity contribution in [3.05, 3.63) is 29.8 Å². The van der Waals surface area contributed by atoms with E-state index in [2.05, 4.69) is 4.72 Å². The van der Waals surface area contributed by atoms with E-state index in [1.54, 1.807) is 19.1 Å². The molecule has 0 fully saturated rings. The highest BCUT2D eigenvalue weighted by molar-refractivity contribution is 7.89. The molecule has 0 heterocycles. The average Bonchev–Trinajstić information content (AvgIpc) is 2.27. The third-order valence-corrected chi connectivity index (χ3v) is 3.75. The predicted octanol–water partition coefficient (Wildman–Crippen LogP) is -0.333. The maximum Gasteiger partial charge on any atom is 0.240 e. The molecule has 0 saturated carbocycles. The van der Waals surface area contributed by atoms with Crippen molar-refractivity contribution in [3.8, 4) is 0 Å². The lowest BCUT2D eigenvalue weighted by Crippen LogP contribution is -2.23. The SMILES string of the molecule is CCNS(=O)(=O)c1ccc(CCC(=O)[O-])cc1. The quantitative estimate of drug-likeness (QED) is 0.755. The number of rotatable bonds is 6. The number of carboxylic acids is 1. The van der Waals surface area contributed by atoms with Crippen molar-refractivity contribution in [3.63, 3.8) is 0 Å². The van der Waals surface area contributed by atoms with Crippen molar-refractivity contribution >= 4 is 16.0 Å². The number of benzene rings is 1. The lowest BCUT2D eigenvalue weighted by Gasteiger charge is -2.06. The normalized spacial score (nSPS) is 11.4. The summed E-state index contributed by atoms with van der Waals surface area (Å²) >= 11 is 0. The zero-order chi connectivity index (χ0) is 12.9. The molecule has 0 bridgehead atoms. The summed E-state index contributed by atoms with van der Waals surface area (Å²) in [7, 11) is -3.44. The van der Waals surface area contributed by atoms with E-state index in [-0.39, 0.29) is 11.3 Å². The van der Waals surface area contributed by atoms with Crippen LogP contribution in [0.1, 0.15) is 18.9 Å². The minimum Gasteiger partial charge on any atom is -0.550 e. The van der Waals surface area contributed by atoms with E-state index in [0.29, 0.717) is 13.0 Å². The zero-order valence-electron chi connectivity index (χ0n) is 9.47. The van der Waals surface area contributed by atoms with Crippen molar-refractivity contribution in [1.29, 1.82) is 0 Å². The molecule has 17 heavy (non-hydrogen) atoms. The number of hydrogen-bond donors (Lipinski definition) is 1. The van der Waals surface area contributed by atoms with Gasteiger partial charge in [0.05, 0.1) is 4.90 Å². The molecule has 1 N–H and O–H groups in total. The largest absolute Gasteiger partial charge is 0.550 e. The minimum atomic E-state index is -3.44. The van der Waals surface area contributed by atoms with Crippen LogP contribution >= 0.6 is 0 Å². The Labute approximate surface area is 101 Å². The molecule has 5 nitrogen and oxygen atoms in total. The van der Waals surface area contributed by atoms with E-state index >= 15 is 0 Å². The van der Waals surface area contributed by atoms with Crippen molar-refractivity contribution in [2.75, 3.05) is 6.54 Å². The Morgan fingerprint density at radius 1 is 1.29 bits per heavy atom. The maximum atomic E-state index is 11.6. The third-order valence-electron chi connectivity index (χ3n) is 2.19. The van der Waals surface area contributed by atoms with E-state index in [1.165, 1.54) is 12.1 Å². The van der Waals surface area contributed by atoms with Crippen LogP contribution in [-0.4, -0.2) is 20.9 Å². The first kappa shape index (κ1) is 13.7. The number of aliphatic carboxylic acids is 1. The Morgan fingerprint density at radius 3 is 2.35 bits per heavy atom. The minimum absolute atomic E-state index is 0.0701. The van der Waals surface area contributed by atoms with E-state index in [0.717, 1.165) is 5.56 Å². The van der Waals surface area contributed by atoms with Gasteiger partial charge in [-0.3, -0.25) is 0 Å². The number of aryl methyl sites for hydroxylation is 1. The van der Waals surface area contributed by atoms with Gasteiger partial charge in [-0.1, -0.05) is 19.1 Å². The molecule has 0 unspecified atom stereocenters. The van der Waals surface area contributed by atoms with E-state index in [1.807, 2.05) is 0 Å². The molecule has 1 rings (SSSR count). The Morgan fingerprint density at radius 2 is 1.88 bits per heavy atom. The van der Waals surface area contributed by atoms with Crippen LogP contribution in [0.15, 0.2) is 29.2 Å². The highest BCUT2D eigenvalue weighted by Crippen LogP contribution is 2.11. The zero-order valence-corrected chi connectivity index (χ0v) is 10.3. The number of carbonyl (C=O) groups is 1. The van der Waals surface area contributed by atoms with Gasteiger partial charge in [-0.25, -0.2) is 13.1 Å². The van der Waals surface area contributed by atoms with Gasteiger partial charge in [0.15, 0.2) is 0 Å². The van der Waals surface area contributed by atoms with Crippen molar-refractivity contribution < 1.29 is 18.3 Å². The lowest BCUT2D eigenvalue weighted by molar-refractivity contribution is -0.305. The summed E-state index contributed by atoms with van der Waals surface area (Å²) in [6.07, 6.45) is 0.267. The Hall–Kier alpha value is -1.40. The molecule has 0 saturated heterocycles. The maximum absolute atomic E-state index is 11.6. The smallest absolute Gasteiger partial charge is 0.240 e. The summed E-state index contributed by atoms with van der Waals surface area (Å²) in [5, 5.41) is 10.3. The summed E-state index contributed by atoms with van der Waals surface area (Å²) in [4.78, 5) is 10.4. The van der Waals surface area contributed by atoms with Crippen LogP contribution in [-0.2, 0) is 21.2 Å². The summed E-state index contributed by atoms with van der Waals surface area (Å²) in [5.41, 5.74) is 0.768. The standard InChI is InChI=1S/C11H15NO4S/c1-2-12-17(15,16)10-6-3-9(4-7-10)5-8-11(13)14/h3-4,6-7,12H,2,5,8H2,1H3,(H,13,14)/p-1. The van der Waals surface area contributed by atoms with Crippen LogP contribution in [0.25, 0.3) is 0 Å². The number of hydrogen-bond acceptors (Lipinski definition) is 4. The molecule has 1 aromatic rings. The molecule has 0 spiro atoms. The first-order chi connectivity index (χ1) is 7.95. The van der Waals surface area contributed by atoms with Gasteiger partial charge in [-0.05, 0) is 30.5 Å². The van der Waals surface area contributed by atoms with Crippen LogP contribution in [0.4, 0.5) is 0 Å². The van der Waals surface area contributed by atoms with Gasteiger partial charge in [-0.2, -0.15) is 0 Å². The van der Waals surface area contributed by atoms with E-state index in [4.69, 9.17) is 0 Å². The molecule has 6 heteroatoms. The van der Waals surface area contributed by atoms with E-state index < -0.39 is 16.0 Å². The van der Waals surface area contributed by atoms with Crippen molar-refractivity contribution in [1.82, 2.24) is 4.72 Å². The molecule has 94 valence electrons. The van der Waals surface area contributed by atoms with Crippen LogP contribution < -0.4 is 9.83 Å². The summed E-state index contributed by atoms with van der Waals surface area (Å²) in [5.74, 6) is -1.12. The Balaban J connectivity index is 2.78. The van der Waals surface area contributed by atoms with Gasteiger partial charge in [0.1, 0.15) is 0 Å². The molecule has 0 aliphatic heterocycles. The highest BCUT2D eigenvalue weighted by atomic mass is 32.2. The average molecular weight is 256 g/mol. The second kappa shape index (κ2) is 5.79. The first-order valence-corrected chi connectivity index (χ1v) is 6.72. The van der Waals surface area contributed by atoms with Gasteiger partial charge in [0.2, 0.25) is 10.0 Å². The van der Waals surface area contributed by atoms with Gasteiger partial charge in [0, 0.05) is 12.5 Å². The topological polar surface area (TPSA) is 86.3 Å². The van der Waals surface area contributed by atoms with Gasteiger partial charge in [-0.15, -0.1) is 0 Å². The molecule has 0 atom stereocenters. The number of carbonyl (C=O) groups excluding carboxylic acids is 1. The van der Waals surface area contributed by atoms with Crippen molar-refractivity contribution in [2.24, 2.45) is 0 Å². The van der Waals surface area contributed by atoms with Crippen molar-refractivity contribution in [2.45, 2.75) is 24.7 Å². The number of carboxylic acid groups (broad SMARTS) is 1. The molecule has 0 amide bonds. The molecule has 0 aliphatic rings. The van der Waals surface area contributed by atoms with Gasteiger partial charge >= 0.3 is 0 Å². The second-order valence-electron chi connectivity index (χ2n) is 3.52. The fourth-order valence-corrected chi connectivity index (χ4v) is 2.40. The van der Waals surface area contributed by atoms with Crippen LogP contribution in [0, 0.1) is 0 Å². The molecular formula is C11H14NO4S-. The third kappa shape index (κ3) is 4.16. The molecule has 0 aromatic heterocycles. The second-order valence-corrected chi connectivity index (χ2v) is 5.28. The predicted molar refractivity (Wildman–Crippen MR) is 60.6 cm³/mol. The highest BCUT2D eigenvalue weighted by Gasteiger charge is 2.11. The molecule has 0 radical (unpaired) electrons. The molecular weight excluding hydrogens is 242 g/mol. The monoisotopic (exact) mass is 256 g/mol. The molecule has 1 aromatic carbocycles. The van der Waals surface area contributed by atoms with Gasteiger partial charge < -0.3 is 9.90 Å². The van der Waals surface area contributed by atoms with E-state index in [9.17, 15) is 18.3 Å².